The molecular weight excluding hydrogens is 400 g/mol. The highest BCUT2D eigenvalue weighted by Crippen LogP contribution is 2.22. The van der Waals surface area contributed by atoms with Crippen LogP contribution in [-0.4, -0.2) is 65.9 Å². The second-order valence-electron chi connectivity index (χ2n) is 9.18. The van der Waals surface area contributed by atoms with Crippen LogP contribution in [0, 0.1) is 12.8 Å². The fourth-order valence-corrected chi connectivity index (χ4v) is 4.48. The highest BCUT2D eigenvalue weighted by atomic mass is 16.2. The minimum absolute atomic E-state index is 0.0726. The van der Waals surface area contributed by atoms with Gasteiger partial charge in [-0.15, -0.1) is 0 Å². The number of amides is 3. The van der Waals surface area contributed by atoms with Crippen molar-refractivity contribution in [1.29, 1.82) is 0 Å². The number of anilines is 1. The Morgan fingerprint density at radius 3 is 2.25 bits per heavy atom. The molecular formula is C26H34N4O2. The van der Waals surface area contributed by atoms with Crippen molar-refractivity contribution in [3.63, 3.8) is 0 Å². The lowest BCUT2D eigenvalue weighted by atomic mass is 9.98. The lowest BCUT2D eigenvalue weighted by molar-refractivity contribution is 0.0697. The molecule has 4 rings (SSSR count). The third-order valence-corrected chi connectivity index (χ3v) is 6.69. The van der Waals surface area contributed by atoms with Gasteiger partial charge in [-0.05, 0) is 55.0 Å². The summed E-state index contributed by atoms with van der Waals surface area (Å²) < 4.78 is 0. The van der Waals surface area contributed by atoms with Crippen molar-refractivity contribution >= 4 is 17.6 Å². The Morgan fingerprint density at radius 2 is 1.59 bits per heavy atom. The van der Waals surface area contributed by atoms with Crippen molar-refractivity contribution in [2.75, 3.05) is 44.6 Å². The summed E-state index contributed by atoms with van der Waals surface area (Å²) in [5, 5.41) is 3.04. The number of aryl methyl sites for hydroxylation is 1. The van der Waals surface area contributed by atoms with E-state index in [9.17, 15) is 9.59 Å². The standard InChI is InChI=1S/C26H34N4O2/c1-20-10-12-29(13-11-20)25(31)23-8-9-24(21(2)18-23)27-26(32)30-16-14-28(15-17-30)19-22-6-4-3-5-7-22/h3-9,18,20H,10-17,19H2,1-2H3,(H,27,32). The molecule has 2 aliphatic heterocycles. The number of urea groups is 1. The van der Waals surface area contributed by atoms with Crippen LogP contribution in [0.2, 0.25) is 0 Å². The SMILES string of the molecule is Cc1cc(C(=O)N2CCC(C)CC2)ccc1NC(=O)N1CCN(Cc2ccccc2)CC1. The second-order valence-corrected chi connectivity index (χ2v) is 9.18. The molecule has 0 bridgehead atoms. The molecule has 3 amide bonds. The maximum absolute atomic E-state index is 12.8. The van der Waals surface area contributed by atoms with Crippen LogP contribution in [0.4, 0.5) is 10.5 Å². The molecule has 0 radical (unpaired) electrons. The Hall–Kier alpha value is -2.86. The molecule has 2 fully saturated rings. The van der Waals surface area contributed by atoms with E-state index in [0.29, 0.717) is 24.6 Å². The third-order valence-electron chi connectivity index (χ3n) is 6.69. The number of nitrogens with one attached hydrogen (secondary N) is 1. The van der Waals surface area contributed by atoms with Gasteiger partial charge in [0.25, 0.3) is 5.91 Å². The Bertz CT molecular complexity index is 930. The molecule has 0 spiro atoms. The van der Waals surface area contributed by atoms with Crippen LogP contribution in [-0.2, 0) is 6.54 Å². The predicted octanol–water partition coefficient (Wildman–Crippen LogP) is 4.22. The molecule has 6 heteroatoms. The second kappa shape index (κ2) is 10.2. The van der Waals surface area contributed by atoms with Crippen LogP contribution in [0.1, 0.15) is 41.3 Å². The first-order valence-corrected chi connectivity index (χ1v) is 11.7. The lowest BCUT2D eigenvalue weighted by Gasteiger charge is -2.34. The van der Waals surface area contributed by atoms with Gasteiger partial charge in [0.05, 0.1) is 0 Å². The number of piperazine rings is 1. The monoisotopic (exact) mass is 434 g/mol. The highest BCUT2D eigenvalue weighted by molar-refractivity contribution is 5.96. The smallest absolute Gasteiger partial charge is 0.321 e. The fourth-order valence-electron chi connectivity index (χ4n) is 4.48. The van der Waals surface area contributed by atoms with Crippen molar-refractivity contribution in [3.05, 3.63) is 65.2 Å². The van der Waals surface area contributed by atoms with E-state index in [0.717, 1.165) is 56.8 Å². The van der Waals surface area contributed by atoms with Gasteiger partial charge in [-0.1, -0.05) is 37.3 Å². The molecule has 0 saturated carbocycles. The summed E-state index contributed by atoms with van der Waals surface area (Å²) in [5.41, 5.74) is 3.68. The van der Waals surface area contributed by atoms with Gasteiger partial charge < -0.3 is 15.1 Å². The summed E-state index contributed by atoms with van der Waals surface area (Å²) in [7, 11) is 0. The maximum Gasteiger partial charge on any atom is 0.321 e. The summed E-state index contributed by atoms with van der Waals surface area (Å²) in [6.45, 7) is 9.91. The van der Waals surface area contributed by atoms with Crippen molar-refractivity contribution in [2.45, 2.75) is 33.2 Å². The zero-order valence-electron chi connectivity index (χ0n) is 19.2. The lowest BCUT2D eigenvalue weighted by Crippen LogP contribution is -2.49. The van der Waals surface area contributed by atoms with Crippen LogP contribution in [0.25, 0.3) is 0 Å². The quantitative estimate of drug-likeness (QED) is 0.784. The van der Waals surface area contributed by atoms with Crippen molar-refractivity contribution in [3.8, 4) is 0 Å². The number of hydrogen-bond acceptors (Lipinski definition) is 3. The van der Waals surface area contributed by atoms with Crippen LogP contribution in [0.5, 0.6) is 0 Å². The number of likely N-dealkylation sites (tertiary alicyclic amines) is 1. The topological polar surface area (TPSA) is 55.9 Å². The number of carbonyl (C=O) groups excluding carboxylic acids is 2. The first kappa shape index (κ1) is 22.3. The largest absolute Gasteiger partial charge is 0.339 e. The van der Waals surface area contributed by atoms with Gasteiger partial charge in [0, 0.05) is 57.1 Å². The Balaban J connectivity index is 1.29. The summed E-state index contributed by atoms with van der Waals surface area (Å²) >= 11 is 0. The highest BCUT2D eigenvalue weighted by Gasteiger charge is 2.23. The normalized spacial score (nSPS) is 17.9. The molecule has 2 aliphatic rings. The molecule has 0 aliphatic carbocycles. The molecule has 2 heterocycles. The molecule has 1 N–H and O–H groups in total. The molecule has 170 valence electrons. The van der Waals surface area contributed by atoms with Crippen LogP contribution in [0.15, 0.2) is 48.5 Å². The Morgan fingerprint density at radius 1 is 0.906 bits per heavy atom. The molecule has 0 aromatic heterocycles. The molecule has 0 atom stereocenters. The van der Waals surface area contributed by atoms with Crippen molar-refractivity contribution in [2.24, 2.45) is 5.92 Å². The molecule has 32 heavy (non-hydrogen) atoms. The Labute approximate surface area is 191 Å². The Kier molecular flexibility index (Phi) is 7.10. The zero-order valence-corrected chi connectivity index (χ0v) is 19.2. The van der Waals surface area contributed by atoms with E-state index in [-0.39, 0.29) is 11.9 Å². The van der Waals surface area contributed by atoms with Gasteiger partial charge in [0.2, 0.25) is 0 Å². The van der Waals surface area contributed by atoms with E-state index < -0.39 is 0 Å². The molecule has 2 aromatic rings. The van der Waals surface area contributed by atoms with Crippen LogP contribution < -0.4 is 5.32 Å². The number of rotatable bonds is 4. The molecule has 6 nitrogen and oxygen atoms in total. The maximum atomic E-state index is 12.8. The van der Waals surface area contributed by atoms with Gasteiger partial charge in [-0.3, -0.25) is 9.69 Å². The van der Waals surface area contributed by atoms with Gasteiger partial charge in [0.1, 0.15) is 0 Å². The molecule has 2 aromatic carbocycles. The van der Waals surface area contributed by atoms with E-state index in [1.54, 1.807) is 0 Å². The average Bonchev–Trinajstić information content (AvgIpc) is 2.81. The first-order valence-electron chi connectivity index (χ1n) is 11.7. The summed E-state index contributed by atoms with van der Waals surface area (Å²) in [5.74, 6) is 0.783. The number of benzene rings is 2. The number of hydrogen-bond donors (Lipinski definition) is 1. The third kappa shape index (κ3) is 5.49. The molecule has 0 unspecified atom stereocenters. The summed E-state index contributed by atoms with van der Waals surface area (Å²) in [6.07, 6.45) is 2.13. The summed E-state index contributed by atoms with van der Waals surface area (Å²) in [6, 6.07) is 16.0. The van der Waals surface area contributed by atoms with Gasteiger partial charge in [-0.25, -0.2) is 4.79 Å². The van der Waals surface area contributed by atoms with Gasteiger partial charge >= 0.3 is 6.03 Å². The van der Waals surface area contributed by atoms with E-state index >= 15 is 0 Å². The summed E-state index contributed by atoms with van der Waals surface area (Å²) in [4.78, 5) is 31.8. The number of nitrogens with zero attached hydrogens (tertiary/aromatic N) is 3. The van der Waals surface area contributed by atoms with Crippen LogP contribution in [0.3, 0.4) is 0 Å². The minimum atomic E-state index is -0.0726. The van der Waals surface area contributed by atoms with E-state index in [2.05, 4.69) is 41.4 Å². The van der Waals surface area contributed by atoms with E-state index in [1.165, 1.54) is 5.56 Å². The first-order chi connectivity index (χ1) is 15.5. The predicted molar refractivity (Wildman–Crippen MR) is 128 cm³/mol. The van der Waals surface area contributed by atoms with E-state index in [4.69, 9.17) is 0 Å². The number of carbonyl (C=O) groups is 2. The van der Waals surface area contributed by atoms with E-state index in [1.807, 2.05) is 41.0 Å². The average molecular weight is 435 g/mol. The molecule has 2 saturated heterocycles. The number of piperidine rings is 1. The zero-order chi connectivity index (χ0) is 22.5. The van der Waals surface area contributed by atoms with Crippen LogP contribution >= 0.6 is 0 Å². The fraction of sp³-hybridized carbons (Fsp3) is 0.462. The van der Waals surface area contributed by atoms with Crippen molar-refractivity contribution in [1.82, 2.24) is 14.7 Å². The van der Waals surface area contributed by atoms with Gasteiger partial charge in [-0.2, -0.15) is 0 Å². The minimum Gasteiger partial charge on any atom is -0.339 e. The van der Waals surface area contributed by atoms with Crippen molar-refractivity contribution < 1.29 is 9.59 Å². The van der Waals surface area contributed by atoms with Gasteiger partial charge in [0.15, 0.2) is 0 Å².